The Morgan fingerprint density at radius 1 is 2.20 bits per heavy atom. The van der Waals surface area contributed by atoms with E-state index in [0.717, 1.165) is 0 Å². The molecule has 0 aliphatic rings. The first-order chi connectivity index (χ1) is 2.41. The zero-order valence-corrected chi connectivity index (χ0v) is 6.04. The van der Waals surface area contributed by atoms with Crippen LogP contribution in [0.5, 0.6) is 0 Å². The molecule has 0 aromatic carbocycles. The summed E-state index contributed by atoms with van der Waals surface area (Å²) >= 11 is 0. The standard InChI is InChI=1S/CH2N3.K/c1-3-4-2;/h1H2;/q-1;+1/i1D;. The van der Waals surface area contributed by atoms with Gasteiger partial charge in [-0.15, -0.1) is 0 Å². The van der Waals surface area contributed by atoms with E-state index in [0.29, 0.717) is 7.02 Å². The van der Waals surface area contributed by atoms with Gasteiger partial charge in [0.25, 0.3) is 0 Å². The molecule has 0 saturated carbocycles. The van der Waals surface area contributed by atoms with E-state index in [2.05, 4.69) is 10.0 Å². The third-order valence-corrected chi connectivity index (χ3v) is 0.0516. The number of hydrogen-bond acceptors (Lipinski definition) is 1. The van der Waals surface area contributed by atoms with E-state index in [-0.39, 0.29) is 51.4 Å². The zero-order valence-electron chi connectivity index (χ0n) is 3.92. The Kier molecular flexibility index (Phi) is 10.3. The Morgan fingerprint density at radius 2 is 2.80 bits per heavy atom. The Hall–Kier alpha value is 0.816. The van der Waals surface area contributed by atoms with Crippen LogP contribution in [0.1, 0.15) is 1.37 Å². The van der Waals surface area contributed by atoms with Crippen LogP contribution in [0.3, 0.4) is 0 Å². The van der Waals surface area contributed by atoms with Crippen molar-refractivity contribution in [2.24, 2.45) is 5.11 Å². The molecule has 0 amide bonds. The summed E-state index contributed by atoms with van der Waals surface area (Å²) in [6, 6.07) is 0. The Balaban J connectivity index is 0. The molecule has 0 spiro atoms. The van der Waals surface area contributed by atoms with Crippen LogP contribution >= 0.6 is 0 Å². The van der Waals surface area contributed by atoms with Crippen LogP contribution in [0.2, 0.25) is 0 Å². The fraction of sp³-hybridized carbons (Fsp3) is 0. The topological polar surface area (TPSA) is 48.8 Å². The van der Waals surface area contributed by atoms with E-state index < -0.39 is 0 Å². The normalized spacial score (nSPS) is 5.20. The van der Waals surface area contributed by atoms with E-state index in [1.807, 2.05) is 0 Å². The van der Waals surface area contributed by atoms with Gasteiger partial charge in [-0.25, -0.2) is 0 Å². The molecule has 0 aromatic heterocycles. The molecule has 0 rings (SSSR count). The van der Waals surface area contributed by atoms with Crippen molar-refractivity contribution in [2.75, 3.05) is 0 Å². The van der Waals surface area contributed by atoms with Gasteiger partial charge in [0.2, 0.25) is 0 Å². The molecule has 0 saturated heterocycles. The molecule has 4 heteroatoms. The van der Waals surface area contributed by atoms with E-state index in [1.54, 1.807) is 0 Å². The van der Waals surface area contributed by atoms with E-state index in [9.17, 15) is 0 Å². The summed E-state index contributed by atoms with van der Waals surface area (Å²) in [7, 11) is 0.639. The molecule has 3 nitrogen and oxygen atoms in total. The van der Waals surface area contributed by atoms with Gasteiger partial charge in [0.05, 0.1) is 0 Å². The molecule has 0 atom stereocenters. The van der Waals surface area contributed by atoms with Crippen molar-refractivity contribution >= 4 is 0 Å². The minimum Gasteiger partial charge on any atom is -0.331 e. The minimum atomic E-state index is 0. The van der Waals surface area contributed by atoms with Gasteiger partial charge in [0, 0.05) is 0 Å². The van der Waals surface area contributed by atoms with Gasteiger partial charge < -0.3 is 7.02 Å². The second-order valence-electron chi connectivity index (χ2n) is 0.205. The Morgan fingerprint density at radius 3 is 2.80 bits per heavy atom. The summed E-state index contributed by atoms with van der Waals surface area (Å²) in [6.45, 7) is 0. The van der Waals surface area contributed by atoms with Crippen LogP contribution in [0, 0.1) is 7.02 Å². The molecular formula is CH2KN3. The molecule has 0 aromatic rings. The predicted molar refractivity (Wildman–Crippen MR) is 14.5 cm³/mol. The zero-order chi connectivity index (χ0) is 4.12. The molecule has 0 heterocycles. The average molecular weight is 96.2 g/mol. The monoisotopic (exact) mass is 96.0 g/mol. The second-order valence-corrected chi connectivity index (χ2v) is 0.205. The van der Waals surface area contributed by atoms with Crippen molar-refractivity contribution in [3.05, 3.63) is 17.5 Å². The number of rotatable bonds is 1. The maximum atomic E-state index is 7.37. The second kappa shape index (κ2) is 8.84. The van der Waals surface area contributed by atoms with Crippen LogP contribution in [0.25, 0.3) is 10.4 Å². The van der Waals surface area contributed by atoms with E-state index in [4.69, 9.17) is 6.90 Å². The van der Waals surface area contributed by atoms with Gasteiger partial charge in [-0.05, 0) is 10.4 Å². The van der Waals surface area contributed by atoms with Crippen molar-refractivity contribution in [1.82, 2.24) is 0 Å². The van der Waals surface area contributed by atoms with Gasteiger partial charge in [0.1, 0.15) is 0 Å². The predicted octanol–water partition coefficient (Wildman–Crippen LogP) is -1.91. The van der Waals surface area contributed by atoms with Gasteiger partial charge in [-0.2, -0.15) is 1.37 Å². The first-order valence-corrected chi connectivity index (χ1v) is 0.658. The van der Waals surface area contributed by atoms with Crippen molar-refractivity contribution < 1.29 is 52.8 Å². The quantitative estimate of drug-likeness (QED) is 0.120. The largest absolute Gasteiger partial charge is 1.00 e. The maximum Gasteiger partial charge on any atom is 1.00 e. The van der Waals surface area contributed by atoms with E-state index in [1.165, 1.54) is 0 Å². The van der Waals surface area contributed by atoms with Gasteiger partial charge in [-0.1, -0.05) is 0 Å². The smallest absolute Gasteiger partial charge is 0.331 e. The Bertz CT molecular complexity index is 57.8. The molecule has 5 heavy (non-hydrogen) atoms. The molecule has 0 bridgehead atoms. The van der Waals surface area contributed by atoms with Gasteiger partial charge in [0.15, 0.2) is 0 Å². The fourth-order valence-electron chi connectivity index (χ4n) is 0. The average Bonchev–Trinajstić information content (AvgIpc) is 1.41. The van der Waals surface area contributed by atoms with Crippen LogP contribution in [-0.2, 0) is 0 Å². The van der Waals surface area contributed by atoms with Crippen molar-refractivity contribution in [1.29, 1.82) is 0 Å². The van der Waals surface area contributed by atoms with E-state index >= 15 is 0 Å². The number of hydrogen-bond donors (Lipinski definition) is 0. The van der Waals surface area contributed by atoms with Crippen LogP contribution in [0.15, 0.2) is 5.11 Å². The summed E-state index contributed by atoms with van der Waals surface area (Å²) in [5, 5.41) is 2.69. The van der Waals surface area contributed by atoms with Gasteiger partial charge >= 0.3 is 51.4 Å². The summed E-state index contributed by atoms with van der Waals surface area (Å²) in [5.74, 6) is 0. The molecule has 0 N–H and O–H groups in total. The van der Waals surface area contributed by atoms with Crippen LogP contribution < -0.4 is 51.4 Å². The summed E-state index contributed by atoms with van der Waals surface area (Å²) < 4.78 is 6.06. The van der Waals surface area contributed by atoms with Crippen LogP contribution in [0.4, 0.5) is 0 Å². The van der Waals surface area contributed by atoms with Crippen molar-refractivity contribution in [3.63, 3.8) is 0 Å². The van der Waals surface area contributed by atoms with Crippen LogP contribution in [-0.4, -0.2) is 0 Å². The minimum absolute atomic E-state index is 0. The molecule has 0 aliphatic carbocycles. The molecular weight excluding hydrogens is 93.1 g/mol. The number of nitrogens with zero attached hydrogens (tertiary/aromatic N) is 3. The third kappa shape index (κ3) is 11.6. The first-order valence-electron chi connectivity index (χ1n) is 1.24. The first kappa shape index (κ1) is 5.82. The molecule has 0 unspecified atom stereocenters. The fourth-order valence-corrected chi connectivity index (χ4v) is 0. The van der Waals surface area contributed by atoms with Gasteiger partial charge in [-0.3, -0.25) is 5.11 Å². The van der Waals surface area contributed by atoms with Crippen molar-refractivity contribution in [2.45, 2.75) is 0 Å². The third-order valence-electron chi connectivity index (χ3n) is 0.0516. The summed E-state index contributed by atoms with van der Waals surface area (Å²) in [6.07, 6.45) is 0. The SMILES string of the molecule is [2H][CH-]N=[N+]=[N-].[K+]. The summed E-state index contributed by atoms with van der Waals surface area (Å²) in [5.41, 5.74) is 7.37. The number of azide groups is 1. The maximum absolute atomic E-state index is 7.37. The molecule has 0 fully saturated rings. The molecule has 22 valence electrons. The molecule has 0 aliphatic heterocycles. The van der Waals surface area contributed by atoms with Crippen molar-refractivity contribution in [3.8, 4) is 0 Å². The summed E-state index contributed by atoms with van der Waals surface area (Å²) in [4.78, 5) is 2.24. The molecule has 0 radical (unpaired) electrons. The Labute approximate surface area is 74.2 Å².